The lowest BCUT2D eigenvalue weighted by atomic mass is 9.95. The number of hydroxylamine groups is 1. The molecule has 0 aliphatic heterocycles. The first-order chi connectivity index (χ1) is 13.7. The summed E-state index contributed by atoms with van der Waals surface area (Å²) in [7, 11) is 0. The minimum absolute atomic E-state index is 0.0911. The number of allylic oxidation sites excluding steroid dienone is 4. The molecule has 0 saturated heterocycles. The fraction of sp³-hybridized carbons (Fsp3) is 0.667. The van der Waals surface area contributed by atoms with E-state index < -0.39 is 5.97 Å². The molecule has 0 saturated carbocycles. The quantitative estimate of drug-likeness (QED) is 0.132. The van der Waals surface area contributed by atoms with Crippen molar-refractivity contribution >= 4 is 11.9 Å². The zero-order chi connectivity index (χ0) is 20.9. The Hall–Kier alpha value is -1.84. The minimum atomic E-state index is -0.636. The highest BCUT2D eigenvalue weighted by Crippen LogP contribution is 2.17. The van der Waals surface area contributed by atoms with E-state index in [2.05, 4.69) is 55.0 Å². The van der Waals surface area contributed by atoms with Crippen molar-refractivity contribution in [2.24, 2.45) is 5.92 Å². The van der Waals surface area contributed by atoms with Crippen molar-refractivity contribution in [2.45, 2.75) is 97.3 Å². The number of amides is 1. The topological polar surface area (TPSA) is 55.4 Å². The number of hydrogen-bond donors (Lipinski definition) is 1. The molecule has 0 radical (unpaired) electrons. The van der Waals surface area contributed by atoms with Gasteiger partial charge in [-0.1, -0.05) is 83.3 Å². The van der Waals surface area contributed by atoms with Gasteiger partial charge in [0.05, 0.1) is 0 Å². The molecule has 0 aliphatic carbocycles. The molecule has 0 rings (SSSR count). The van der Waals surface area contributed by atoms with Gasteiger partial charge in [0.1, 0.15) is 0 Å². The lowest BCUT2D eigenvalue weighted by molar-refractivity contribution is -0.155. The van der Waals surface area contributed by atoms with E-state index >= 15 is 0 Å². The van der Waals surface area contributed by atoms with E-state index in [-0.39, 0.29) is 11.8 Å². The summed E-state index contributed by atoms with van der Waals surface area (Å²) in [5.74, 6) is -0.932. The van der Waals surface area contributed by atoms with E-state index in [1.54, 1.807) is 0 Å². The van der Waals surface area contributed by atoms with Crippen molar-refractivity contribution in [1.29, 1.82) is 0 Å². The summed E-state index contributed by atoms with van der Waals surface area (Å²) in [6, 6.07) is 0. The van der Waals surface area contributed by atoms with Crippen LogP contribution < -0.4 is 5.48 Å². The van der Waals surface area contributed by atoms with E-state index in [0.29, 0.717) is 0 Å². The molecule has 28 heavy (non-hydrogen) atoms. The summed E-state index contributed by atoms with van der Waals surface area (Å²) in [6.45, 7) is 7.60. The van der Waals surface area contributed by atoms with Crippen LogP contribution in [0.3, 0.4) is 0 Å². The van der Waals surface area contributed by atoms with E-state index in [9.17, 15) is 9.59 Å². The number of rotatable bonds is 17. The zero-order valence-corrected chi connectivity index (χ0v) is 18.1. The van der Waals surface area contributed by atoms with Crippen molar-refractivity contribution in [2.75, 3.05) is 0 Å². The predicted molar refractivity (Wildman–Crippen MR) is 118 cm³/mol. The maximum absolute atomic E-state index is 12.1. The van der Waals surface area contributed by atoms with Gasteiger partial charge in [-0.2, -0.15) is 5.48 Å². The van der Waals surface area contributed by atoms with Gasteiger partial charge in [0.2, 0.25) is 0 Å². The molecule has 0 spiro atoms. The van der Waals surface area contributed by atoms with Crippen molar-refractivity contribution in [3.63, 3.8) is 0 Å². The third-order valence-corrected chi connectivity index (χ3v) is 4.68. The molecule has 0 aromatic heterocycles. The normalized spacial score (nSPS) is 12.4. The van der Waals surface area contributed by atoms with Gasteiger partial charge in [-0.05, 0) is 44.9 Å². The van der Waals surface area contributed by atoms with Crippen molar-refractivity contribution in [1.82, 2.24) is 5.48 Å². The number of carbonyl (C=O) groups is 2. The fourth-order valence-electron chi connectivity index (χ4n) is 3.01. The van der Waals surface area contributed by atoms with Crippen LogP contribution in [0.15, 0.2) is 37.0 Å². The molecule has 0 heterocycles. The second-order valence-corrected chi connectivity index (χ2v) is 7.24. The van der Waals surface area contributed by atoms with Gasteiger partial charge in [0, 0.05) is 12.0 Å². The Labute approximate surface area is 172 Å². The highest BCUT2D eigenvalue weighted by Gasteiger charge is 2.18. The standard InChI is InChI=1S/C24H41NO3/c1-4-7-8-9-10-11-12-13-14-15-16-17-18-19-21-22(20-5-2)24(27)25-28-23(26)6-3/h6,10-11,13-14,22H,3-5,7-9,12,15-21H2,1-2H3,(H,25,27). The predicted octanol–water partition coefficient (Wildman–Crippen LogP) is 6.59. The lowest BCUT2D eigenvalue weighted by Crippen LogP contribution is -2.32. The van der Waals surface area contributed by atoms with Crippen LogP contribution >= 0.6 is 0 Å². The maximum atomic E-state index is 12.1. The Balaban J connectivity index is 3.74. The summed E-state index contributed by atoms with van der Waals surface area (Å²) in [4.78, 5) is 27.7. The molecule has 0 fully saturated rings. The Bertz CT molecular complexity index is 468. The van der Waals surface area contributed by atoms with Crippen LogP contribution in [0.4, 0.5) is 0 Å². The smallest absolute Gasteiger partial charge is 0.336 e. The second-order valence-electron chi connectivity index (χ2n) is 7.24. The average molecular weight is 392 g/mol. The summed E-state index contributed by atoms with van der Waals surface area (Å²) in [6.07, 6.45) is 24.5. The summed E-state index contributed by atoms with van der Waals surface area (Å²) >= 11 is 0. The molecule has 1 unspecified atom stereocenters. The first-order valence-electron chi connectivity index (χ1n) is 11.1. The number of unbranched alkanes of at least 4 members (excludes halogenated alkanes) is 7. The maximum Gasteiger partial charge on any atom is 0.355 e. The molecule has 4 heteroatoms. The first kappa shape index (κ1) is 26.2. The SMILES string of the molecule is C=CC(=O)ONC(=O)C(CCC)CCCCCCC=CCC=CCCCCC. The Morgan fingerprint density at radius 3 is 2.11 bits per heavy atom. The Morgan fingerprint density at radius 2 is 1.50 bits per heavy atom. The summed E-state index contributed by atoms with van der Waals surface area (Å²) < 4.78 is 0. The number of nitrogens with one attached hydrogen (secondary N) is 1. The number of carbonyl (C=O) groups excluding carboxylic acids is 2. The second kappa shape index (κ2) is 19.9. The van der Waals surface area contributed by atoms with Crippen LogP contribution in [-0.4, -0.2) is 11.9 Å². The molecule has 0 aliphatic rings. The van der Waals surface area contributed by atoms with Gasteiger partial charge in [0.25, 0.3) is 5.91 Å². The third kappa shape index (κ3) is 16.3. The van der Waals surface area contributed by atoms with Crippen LogP contribution in [0, 0.1) is 5.92 Å². The molecule has 0 bridgehead atoms. The molecule has 160 valence electrons. The molecule has 0 aromatic carbocycles. The molecular formula is C24H41NO3. The minimum Gasteiger partial charge on any atom is -0.336 e. The molecule has 0 aromatic rings. The van der Waals surface area contributed by atoms with Crippen molar-refractivity contribution in [3.05, 3.63) is 37.0 Å². The molecule has 1 N–H and O–H groups in total. The van der Waals surface area contributed by atoms with E-state index in [4.69, 9.17) is 0 Å². The molecule has 1 amide bonds. The van der Waals surface area contributed by atoms with Gasteiger partial charge in [-0.25, -0.2) is 4.79 Å². The Morgan fingerprint density at radius 1 is 0.857 bits per heavy atom. The Kier molecular flexibility index (Phi) is 18.6. The zero-order valence-electron chi connectivity index (χ0n) is 18.1. The monoisotopic (exact) mass is 391 g/mol. The third-order valence-electron chi connectivity index (χ3n) is 4.68. The van der Waals surface area contributed by atoms with Gasteiger partial charge >= 0.3 is 5.97 Å². The summed E-state index contributed by atoms with van der Waals surface area (Å²) in [5.41, 5.74) is 2.24. The van der Waals surface area contributed by atoms with Crippen LogP contribution in [0.2, 0.25) is 0 Å². The van der Waals surface area contributed by atoms with E-state index in [1.165, 1.54) is 38.5 Å². The lowest BCUT2D eigenvalue weighted by Gasteiger charge is -2.15. The van der Waals surface area contributed by atoms with Crippen molar-refractivity contribution < 1.29 is 14.4 Å². The van der Waals surface area contributed by atoms with Gasteiger partial charge < -0.3 is 4.84 Å². The van der Waals surface area contributed by atoms with Crippen LogP contribution in [0.1, 0.15) is 97.3 Å². The van der Waals surface area contributed by atoms with Gasteiger partial charge in [-0.3, -0.25) is 4.79 Å². The van der Waals surface area contributed by atoms with E-state index in [1.807, 2.05) is 0 Å². The fourth-order valence-corrected chi connectivity index (χ4v) is 3.01. The van der Waals surface area contributed by atoms with Gasteiger partial charge in [0.15, 0.2) is 0 Å². The highest BCUT2D eigenvalue weighted by molar-refractivity contribution is 5.84. The van der Waals surface area contributed by atoms with Crippen molar-refractivity contribution in [3.8, 4) is 0 Å². The van der Waals surface area contributed by atoms with E-state index in [0.717, 1.165) is 51.0 Å². The molecular weight excluding hydrogens is 350 g/mol. The van der Waals surface area contributed by atoms with Crippen LogP contribution in [0.25, 0.3) is 0 Å². The van der Waals surface area contributed by atoms with Gasteiger partial charge in [-0.15, -0.1) is 0 Å². The van der Waals surface area contributed by atoms with Crippen LogP contribution in [-0.2, 0) is 14.4 Å². The first-order valence-corrected chi connectivity index (χ1v) is 11.1. The van der Waals surface area contributed by atoms with Crippen LogP contribution in [0.5, 0.6) is 0 Å². The molecule has 4 nitrogen and oxygen atoms in total. The average Bonchev–Trinajstić information content (AvgIpc) is 2.71. The summed E-state index contributed by atoms with van der Waals surface area (Å²) in [5, 5.41) is 0. The molecule has 1 atom stereocenters. The highest BCUT2D eigenvalue weighted by atomic mass is 16.7. The number of hydrogen-bond acceptors (Lipinski definition) is 3. The largest absolute Gasteiger partial charge is 0.355 e.